The number of aromatic nitrogens is 5. The summed E-state index contributed by atoms with van der Waals surface area (Å²) in [7, 11) is 3.85. The molecule has 2 aromatic heterocycles. The van der Waals surface area contributed by atoms with Gasteiger partial charge in [-0.1, -0.05) is 0 Å². The number of imidazole rings is 1. The van der Waals surface area contributed by atoms with Crippen LogP contribution in [0.5, 0.6) is 0 Å². The number of fused-ring (bicyclic) bond motifs is 1. The summed E-state index contributed by atoms with van der Waals surface area (Å²) in [6.45, 7) is 2.89. The highest BCUT2D eigenvalue weighted by Gasteiger charge is 2.26. The van der Waals surface area contributed by atoms with E-state index in [1.165, 1.54) is 5.06 Å². The summed E-state index contributed by atoms with van der Waals surface area (Å²) in [5.74, 6) is 2.40. The standard InChI is InChI=1S/C10H14N6O/c1-6-12-13-10(14(6)2)9-11-7-4-16(17)5-8(7)15(9)3/h17H,4-5H2,1-3H3. The fraction of sp³-hybridized carbons (Fsp3) is 0.500. The lowest BCUT2D eigenvalue weighted by molar-refractivity contribution is -0.0984. The van der Waals surface area contributed by atoms with Gasteiger partial charge in [0.1, 0.15) is 5.82 Å². The van der Waals surface area contributed by atoms with Gasteiger partial charge in [0.25, 0.3) is 0 Å². The summed E-state index contributed by atoms with van der Waals surface area (Å²) >= 11 is 0. The molecule has 0 atom stereocenters. The molecule has 2 aromatic rings. The van der Waals surface area contributed by atoms with E-state index in [4.69, 9.17) is 0 Å². The van der Waals surface area contributed by atoms with Gasteiger partial charge in [-0.2, -0.15) is 5.06 Å². The molecular formula is C10H14N6O. The van der Waals surface area contributed by atoms with Crippen molar-refractivity contribution in [3.05, 3.63) is 17.2 Å². The molecule has 0 saturated carbocycles. The normalized spacial score (nSPS) is 15.5. The first kappa shape index (κ1) is 10.4. The van der Waals surface area contributed by atoms with Crippen molar-refractivity contribution < 1.29 is 5.21 Å². The van der Waals surface area contributed by atoms with E-state index in [-0.39, 0.29) is 0 Å². The zero-order chi connectivity index (χ0) is 12.2. The Hall–Kier alpha value is -1.73. The van der Waals surface area contributed by atoms with Crippen LogP contribution in [0, 0.1) is 6.92 Å². The van der Waals surface area contributed by atoms with E-state index in [1.807, 2.05) is 30.2 Å². The smallest absolute Gasteiger partial charge is 0.199 e. The van der Waals surface area contributed by atoms with Gasteiger partial charge in [-0.25, -0.2) is 4.98 Å². The zero-order valence-corrected chi connectivity index (χ0v) is 10.0. The molecule has 1 aliphatic rings. The Labute approximate surface area is 98.3 Å². The van der Waals surface area contributed by atoms with Crippen LogP contribution in [0.1, 0.15) is 17.2 Å². The molecule has 0 fully saturated rings. The first-order valence-electron chi connectivity index (χ1n) is 5.42. The summed E-state index contributed by atoms with van der Waals surface area (Å²) in [4.78, 5) is 4.52. The third-order valence-electron chi connectivity index (χ3n) is 3.25. The monoisotopic (exact) mass is 234 g/mol. The fourth-order valence-corrected chi connectivity index (χ4v) is 2.12. The number of aryl methyl sites for hydroxylation is 1. The zero-order valence-electron chi connectivity index (χ0n) is 10.0. The minimum atomic E-state index is 0.472. The van der Waals surface area contributed by atoms with Crippen LogP contribution in [0.4, 0.5) is 0 Å². The highest BCUT2D eigenvalue weighted by molar-refractivity contribution is 5.47. The topological polar surface area (TPSA) is 72.0 Å². The summed E-state index contributed by atoms with van der Waals surface area (Å²) in [5.41, 5.74) is 1.94. The Bertz CT molecular complexity index is 584. The van der Waals surface area contributed by atoms with Crippen molar-refractivity contribution in [2.75, 3.05) is 0 Å². The molecule has 0 bridgehead atoms. The summed E-state index contributed by atoms with van der Waals surface area (Å²) < 4.78 is 3.88. The fourth-order valence-electron chi connectivity index (χ4n) is 2.12. The Morgan fingerprint density at radius 2 is 1.82 bits per heavy atom. The van der Waals surface area contributed by atoms with Crippen molar-refractivity contribution in [1.29, 1.82) is 0 Å². The lowest BCUT2D eigenvalue weighted by Crippen LogP contribution is -2.12. The Morgan fingerprint density at radius 3 is 2.41 bits per heavy atom. The van der Waals surface area contributed by atoms with Crippen LogP contribution in [0.25, 0.3) is 11.6 Å². The van der Waals surface area contributed by atoms with E-state index < -0.39 is 0 Å². The molecule has 3 rings (SSSR count). The van der Waals surface area contributed by atoms with E-state index in [0.717, 1.165) is 28.9 Å². The average Bonchev–Trinajstić information content (AvgIpc) is 2.88. The van der Waals surface area contributed by atoms with Gasteiger partial charge < -0.3 is 14.3 Å². The molecule has 3 heterocycles. The summed E-state index contributed by atoms with van der Waals surface area (Å²) in [6.07, 6.45) is 0. The Balaban J connectivity index is 2.12. The van der Waals surface area contributed by atoms with Crippen LogP contribution in [0.2, 0.25) is 0 Å². The second-order valence-corrected chi connectivity index (χ2v) is 4.34. The van der Waals surface area contributed by atoms with Gasteiger partial charge >= 0.3 is 0 Å². The Kier molecular flexibility index (Phi) is 2.07. The summed E-state index contributed by atoms with van der Waals surface area (Å²) in [5, 5.41) is 18.8. The van der Waals surface area contributed by atoms with Crippen molar-refractivity contribution >= 4 is 0 Å². The SMILES string of the molecule is Cc1nnc(-c2nc3c(n2C)CN(O)C3)n1C. The third kappa shape index (κ3) is 1.39. The number of rotatable bonds is 1. The maximum atomic E-state index is 9.43. The molecule has 0 aromatic carbocycles. The average molecular weight is 234 g/mol. The highest BCUT2D eigenvalue weighted by Crippen LogP contribution is 2.25. The number of hydroxylamine groups is 2. The maximum Gasteiger partial charge on any atom is 0.199 e. The van der Waals surface area contributed by atoms with Crippen molar-refractivity contribution in [3.63, 3.8) is 0 Å². The number of hydrogen-bond donors (Lipinski definition) is 1. The molecule has 0 saturated heterocycles. The molecule has 17 heavy (non-hydrogen) atoms. The van der Waals surface area contributed by atoms with E-state index in [2.05, 4.69) is 15.2 Å². The maximum absolute atomic E-state index is 9.43. The predicted octanol–water partition coefficient (Wildman–Crippen LogP) is 0.229. The molecule has 0 aliphatic carbocycles. The molecule has 90 valence electrons. The van der Waals surface area contributed by atoms with Crippen LogP contribution in [0.3, 0.4) is 0 Å². The molecule has 1 aliphatic heterocycles. The van der Waals surface area contributed by atoms with E-state index >= 15 is 0 Å². The highest BCUT2D eigenvalue weighted by atomic mass is 16.5. The van der Waals surface area contributed by atoms with Crippen LogP contribution in [0.15, 0.2) is 0 Å². The molecule has 0 spiro atoms. The first-order valence-corrected chi connectivity index (χ1v) is 5.42. The van der Waals surface area contributed by atoms with Crippen molar-refractivity contribution in [2.45, 2.75) is 20.0 Å². The minimum absolute atomic E-state index is 0.472. The lowest BCUT2D eigenvalue weighted by Gasteiger charge is -2.07. The molecule has 0 radical (unpaired) electrons. The van der Waals surface area contributed by atoms with Gasteiger partial charge in [-0.3, -0.25) is 0 Å². The Morgan fingerprint density at radius 1 is 1.06 bits per heavy atom. The van der Waals surface area contributed by atoms with Crippen LogP contribution < -0.4 is 0 Å². The van der Waals surface area contributed by atoms with Crippen molar-refractivity contribution in [3.8, 4) is 11.6 Å². The quantitative estimate of drug-likeness (QED) is 0.764. The second kappa shape index (κ2) is 3.38. The van der Waals surface area contributed by atoms with Crippen LogP contribution >= 0.6 is 0 Å². The largest absolute Gasteiger partial charge is 0.327 e. The third-order valence-corrected chi connectivity index (χ3v) is 3.25. The van der Waals surface area contributed by atoms with Gasteiger partial charge in [0.2, 0.25) is 0 Å². The molecule has 7 nitrogen and oxygen atoms in total. The van der Waals surface area contributed by atoms with Gasteiger partial charge in [-0.05, 0) is 6.92 Å². The van der Waals surface area contributed by atoms with E-state index in [0.29, 0.717) is 13.1 Å². The summed E-state index contributed by atoms with van der Waals surface area (Å²) in [6, 6.07) is 0. The lowest BCUT2D eigenvalue weighted by atomic mass is 10.4. The minimum Gasteiger partial charge on any atom is -0.327 e. The van der Waals surface area contributed by atoms with Gasteiger partial charge in [0.15, 0.2) is 11.6 Å². The number of nitrogens with zero attached hydrogens (tertiary/aromatic N) is 6. The second-order valence-electron chi connectivity index (χ2n) is 4.34. The van der Waals surface area contributed by atoms with Gasteiger partial charge in [-0.15, -0.1) is 10.2 Å². The van der Waals surface area contributed by atoms with Crippen molar-refractivity contribution in [1.82, 2.24) is 29.4 Å². The molecule has 7 heteroatoms. The van der Waals surface area contributed by atoms with E-state index in [9.17, 15) is 5.21 Å². The number of hydrogen-bond acceptors (Lipinski definition) is 5. The molecule has 0 amide bonds. The van der Waals surface area contributed by atoms with Gasteiger partial charge in [0, 0.05) is 14.1 Å². The molecule has 0 unspecified atom stereocenters. The van der Waals surface area contributed by atoms with E-state index in [1.54, 1.807) is 0 Å². The first-order chi connectivity index (χ1) is 8.08. The molecule has 1 N–H and O–H groups in total. The predicted molar refractivity (Wildman–Crippen MR) is 59.0 cm³/mol. The van der Waals surface area contributed by atoms with Crippen LogP contribution in [-0.2, 0) is 27.2 Å². The van der Waals surface area contributed by atoms with Gasteiger partial charge in [0.05, 0.1) is 24.5 Å². The van der Waals surface area contributed by atoms with Crippen molar-refractivity contribution in [2.24, 2.45) is 14.1 Å². The van der Waals surface area contributed by atoms with Crippen LogP contribution in [-0.4, -0.2) is 34.6 Å². The molecular weight excluding hydrogens is 220 g/mol.